The van der Waals surface area contributed by atoms with Gasteiger partial charge in [0.25, 0.3) is 0 Å². The standard InChI is InChI=1S/C28H36ClN7O4/c1-16-17(2)32-26-23(16)24(19-7-9-20(29)10-8-19)33-21(25-35-34-18(3)36(25)26)15-22(37)30-11-13-39-14-12-31-27(38)40-28(4,5)6/h7-10,21,32H,11-15H2,1-6H3,(H,30,37)(H,31,38)/t21-/m0/s1. The maximum Gasteiger partial charge on any atom is 0.407 e. The zero-order valence-electron chi connectivity index (χ0n) is 23.7. The first-order valence-corrected chi connectivity index (χ1v) is 13.6. The summed E-state index contributed by atoms with van der Waals surface area (Å²) in [4.78, 5) is 33.2. The predicted octanol–water partition coefficient (Wildman–Crippen LogP) is 4.11. The number of amides is 2. The molecule has 0 saturated heterocycles. The van der Waals surface area contributed by atoms with E-state index in [2.05, 4.69) is 25.8 Å². The minimum Gasteiger partial charge on any atom is -0.444 e. The molecule has 40 heavy (non-hydrogen) atoms. The van der Waals surface area contributed by atoms with Crippen molar-refractivity contribution in [2.75, 3.05) is 26.3 Å². The molecule has 1 aromatic carbocycles. The van der Waals surface area contributed by atoms with E-state index in [0.717, 1.165) is 33.9 Å². The van der Waals surface area contributed by atoms with Crippen LogP contribution in [0.2, 0.25) is 5.02 Å². The molecule has 12 heteroatoms. The lowest BCUT2D eigenvalue weighted by Gasteiger charge is -2.19. The number of hydrogen-bond acceptors (Lipinski definition) is 7. The number of nitrogens with zero attached hydrogens (tertiary/aromatic N) is 4. The lowest BCUT2D eigenvalue weighted by atomic mass is 9.99. The summed E-state index contributed by atoms with van der Waals surface area (Å²) in [5, 5.41) is 14.9. The number of rotatable bonds is 9. The predicted molar refractivity (Wildman–Crippen MR) is 152 cm³/mol. The van der Waals surface area contributed by atoms with Crippen LogP contribution in [0.1, 0.15) is 67.3 Å². The monoisotopic (exact) mass is 569 g/mol. The van der Waals surface area contributed by atoms with Crippen molar-refractivity contribution < 1.29 is 19.1 Å². The van der Waals surface area contributed by atoms with E-state index in [1.54, 1.807) is 20.8 Å². The number of H-pyrrole nitrogens is 1. The fourth-order valence-corrected chi connectivity index (χ4v) is 4.55. The Balaban J connectivity index is 1.43. The second kappa shape index (κ2) is 12.2. The molecule has 0 aliphatic carbocycles. The Bertz CT molecular complexity index is 1400. The first kappa shape index (κ1) is 29.3. The highest BCUT2D eigenvalue weighted by atomic mass is 35.5. The SMILES string of the molecule is Cc1[nH]c2c(c1C)C(c1ccc(Cl)cc1)=N[C@@H](CC(=O)NCCOCCNC(=O)OC(C)(C)C)c1nnc(C)n1-2. The van der Waals surface area contributed by atoms with E-state index >= 15 is 0 Å². The molecule has 1 aliphatic heterocycles. The molecule has 3 N–H and O–H groups in total. The van der Waals surface area contributed by atoms with Crippen molar-refractivity contribution in [2.24, 2.45) is 4.99 Å². The van der Waals surface area contributed by atoms with Crippen LogP contribution in [-0.2, 0) is 14.3 Å². The van der Waals surface area contributed by atoms with Gasteiger partial charge >= 0.3 is 6.09 Å². The van der Waals surface area contributed by atoms with E-state index < -0.39 is 17.7 Å². The zero-order chi connectivity index (χ0) is 29.0. The normalized spacial score (nSPS) is 14.6. The Morgan fingerprint density at radius 3 is 2.40 bits per heavy atom. The number of aromatic amines is 1. The smallest absolute Gasteiger partial charge is 0.407 e. The second-order valence-electron chi connectivity index (χ2n) is 10.6. The highest BCUT2D eigenvalue weighted by Crippen LogP contribution is 2.34. The Hall–Kier alpha value is -3.70. The largest absolute Gasteiger partial charge is 0.444 e. The van der Waals surface area contributed by atoms with Crippen molar-refractivity contribution in [3.8, 4) is 5.82 Å². The Morgan fingerprint density at radius 1 is 1.05 bits per heavy atom. The molecule has 214 valence electrons. The van der Waals surface area contributed by atoms with Gasteiger partial charge < -0.3 is 25.1 Å². The van der Waals surface area contributed by atoms with Crippen molar-refractivity contribution >= 4 is 29.3 Å². The molecule has 0 bridgehead atoms. The number of halogens is 1. The summed E-state index contributed by atoms with van der Waals surface area (Å²) in [6.45, 7) is 12.6. The average Bonchev–Trinajstić information content (AvgIpc) is 3.35. The topological polar surface area (TPSA) is 136 Å². The average molecular weight is 570 g/mol. The molecule has 3 aromatic rings. The summed E-state index contributed by atoms with van der Waals surface area (Å²) in [5.74, 6) is 1.93. The van der Waals surface area contributed by atoms with Crippen LogP contribution in [-0.4, -0.2) is 69.4 Å². The van der Waals surface area contributed by atoms with Crippen LogP contribution < -0.4 is 10.6 Å². The van der Waals surface area contributed by atoms with E-state index in [1.807, 2.05) is 49.6 Å². The number of aryl methyl sites for hydroxylation is 2. The Labute approximate surface area is 238 Å². The molecule has 1 aliphatic rings. The van der Waals surface area contributed by atoms with Crippen LogP contribution in [0.25, 0.3) is 5.82 Å². The van der Waals surface area contributed by atoms with Crippen LogP contribution >= 0.6 is 11.6 Å². The molecule has 2 aromatic heterocycles. The van der Waals surface area contributed by atoms with E-state index in [9.17, 15) is 9.59 Å². The molecule has 0 unspecified atom stereocenters. The van der Waals surface area contributed by atoms with Gasteiger partial charge in [-0.15, -0.1) is 10.2 Å². The number of alkyl carbamates (subject to hydrolysis) is 1. The van der Waals surface area contributed by atoms with Gasteiger partial charge in [0.05, 0.1) is 25.3 Å². The number of aromatic nitrogens is 4. The summed E-state index contributed by atoms with van der Waals surface area (Å²) < 4.78 is 12.6. The fraction of sp³-hybridized carbons (Fsp3) is 0.464. The Kier molecular flexibility index (Phi) is 8.95. The minimum absolute atomic E-state index is 0.0811. The molecule has 2 amide bonds. The van der Waals surface area contributed by atoms with Gasteiger partial charge in [0.15, 0.2) is 5.82 Å². The molecule has 1 atom stereocenters. The van der Waals surface area contributed by atoms with Crippen molar-refractivity contribution in [1.29, 1.82) is 0 Å². The van der Waals surface area contributed by atoms with Crippen LogP contribution in [0.5, 0.6) is 0 Å². The summed E-state index contributed by atoms with van der Waals surface area (Å²) in [5.41, 5.74) is 4.12. The van der Waals surface area contributed by atoms with Gasteiger partial charge in [-0.2, -0.15) is 0 Å². The van der Waals surface area contributed by atoms with Gasteiger partial charge in [-0.05, 0) is 59.2 Å². The van der Waals surface area contributed by atoms with Gasteiger partial charge in [0.2, 0.25) is 5.91 Å². The van der Waals surface area contributed by atoms with Crippen LogP contribution in [0.15, 0.2) is 29.3 Å². The highest BCUT2D eigenvalue weighted by Gasteiger charge is 2.32. The summed E-state index contributed by atoms with van der Waals surface area (Å²) in [7, 11) is 0. The third-order valence-electron chi connectivity index (χ3n) is 6.35. The van der Waals surface area contributed by atoms with Crippen molar-refractivity contribution in [2.45, 2.75) is 59.6 Å². The van der Waals surface area contributed by atoms with Crippen molar-refractivity contribution in [3.05, 3.63) is 63.3 Å². The van der Waals surface area contributed by atoms with Gasteiger partial charge in [0.1, 0.15) is 23.3 Å². The van der Waals surface area contributed by atoms with E-state index in [0.29, 0.717) is 43.0 Å². The number of carbonyl (C=O) groups excluding carboxylic acids is 2. The molecule has 0 saturated carbocycles. The fourth-order valence-electron chi connectivity index (χ4n) is 4.42. The molecular formula is C28H36ClN7O4. The van der Waals surface area contributed by atoms with Crippen LogP contribution in [0.4, 0.5) is 4.79 Å². The molecular weight excluding hydrogens is 534 g/mol. The molecule has 3 heterocycles. The van der Waals surface area contributed by atoms with Gasteiger partial charge in [-0.25, -0.2) is 4.79 Å². The van der Waals surface area contributed by atoms with Crippen molar-refractivity contribution in [1.82, 2.24) is 30.4 Å². The third kappa shape index (κ3) is 6.89. The maximum absolute atomic E-state index is 13.0. The van der Waals surface area contributed by atoms with Gasteiger partial charge in [0, 0.05) is 34.9 Å². The summed E-state index contributed by atoms with van der Waals surface area (Å²) >= 11 is 6.16. The van der Waals surface area contributed by atoms with Crippen LogP contribution in [0.3, 0.4) is 0 Å². The third-order valence-corrected chi connectivity index (χ3v) is 6.61. The van der Waals surface area contributed by atoms with E-state index in [4.69, 9.17) is 26.1 Å². The van der Waals surface area contributed by atoms with Gasteiger partial charge in [-0.3, -0.25) is 14.4 Å². The first-order valence-electron chi connectivity index (χ1n) is 13.2. The molecule has 0 radical (unpaired) electrons. The lowest BCUT2D eigenvalue weighted by molar-refractivity contribution is -0.121. The van der Waals surface area contributed by atoms with Gasteiger partial charge in [-0.1, -0.05) is 23.7 Å². The Morgan fingerprint density at radius 2 is 1.73 bits per heavy atom. The minimum atomic E-state index is -0.564. The summed E-state index contributed by atoms with van der Waals surface area (Å²) in [6.07, 6.45) is -0.413. The number of nitrogens with one attached hydrogen (secondary N) is 3. The molecule has 0 spiro atoms. The number of carbonyl (C=O) groups is 2. The lowest BCUT2D eigenvalue weighted by Crippen LogP contribution is -2.34. The second-order valence-corrected chi connectivity index (χ2v) is 11.1. The number of aliphatic imine (C=N–C) groups is 1. The number of hydrogen-bond donors (Lipinski definition) is 3. The first-order chi connectivity index (χ1) is 18.9. The van der Waals surface area contributed by atoms with Crippen LogP contribution in [0, 0.1) is 20.8 Å². The number of fused-ring (bicyclic) bond motifs is 3. The zero-order valence-corrected chi connectivity index (χ0v) is 24.5. The number of benzene rings is 1. The quantitative estimate of drug-likeness (QED) is 0.332. The maximum atomic E-state index is 13.0. The van der Waals surface area contributed by atoms with E-state index in [1.165, 1.54) is 0 Å². The van der Waals surface area contributed by atoms with Crippen molar-refractivity contribution in [3.63, 3.8) is 0 Å². The number of ether oxygens (including phenoxy) is 2. The highest BCUT2D eigenvalue weighted by molar-refractivity contribution is 6.30. The summed E-state index contributed by atoms with van der Waals surface area (Å²) in [6, 6.07) is 6.95. The molecule has 4 rings (SSSR count). The van der Waals surface area contributed by atoms with E-state index in [-0.39, 0.29) is 12.3 Å². The molecule has 0 fully saturated rings. The molecule has 11 nitrogen and oxygen atoms in total.